The van der Waals surface area contributed by atoms with Crippen LogP contribution in [0, 0.1) is 6.92 Å². The van der Waals surface area contributed by atoms with E-state index in [9.17, 15) is 18.0 Å². The summed E-state index contributed by atoms with van der Waals surface area (Å²) in [7, 11) is -3.87. The van der Waals surface area contributed by atoms with E-state index >= 15 is 0 Å². The first-order valence-electron chi connectivity index (χ1n) is 8.09. The normalized spacial score (nSPS) is 14.5. The van der Waals surface area contributed by atoms with Gasteiger partial charge in [-0.1, -0.05) is 24.3 Å². The number of carboxylic acid groups (broad SMARTS) is 1. The van der Waals surface area contributed by atoms with E-state index < -0.39 is 21.9 Å². The Morgan fingerprint density at radius 3 is 2.67 bits per heavy atom. The zero-order valence-corrected chi connectivity index (χ0v) is 15.2. The van der Waals surface area contributed by atoms with Crippen LogP contribution in [0.25, 0.3) is 0 Å². The highest BCUT2D eigenvalue weighted by molar-refractivity contribution is 7.90. The van der Waals surface area contributed by atoms with Crippen LogP contribution in [-0.4, -0.2) is 37.8 Å². The average molecular weight is 387 g/mol. The van der Waals surface area contributed by atoms with Crippen LogP contribution in [0.3, 0.4) is 0 Å². The van der Waals surface area contributed by atoms with Crippen molar-refractivity contribution in [3.05, 3.63) is 59.2 Å². The van der Waals surface area contributed by atoms with Gasteiger partial charge in [-0.2, -0.15) is 0 Å². The van der Waals surface area contributed by atoms with Gasteiger partial charge in [-0.15, -0.1) is 0 Å². The number of nitrogens with zero attached hydrogens (tertiary/aromatic N) is 1. The van der Waals surface area contributed by atoms with E-state index in [1.165, 1.54) is 12.1 Å². The van der Waals surface area contributed by atoms with Crippen LogP contribution in [0.4, 0.5) is 5.69 Å². The van der Waals surface area contributed by atoms with Crippen LogP contribution in [-0.2, 0) is 21.2 Å². The van der Waals surface area contributed by atoms with Crippen molar-refractivity contribution >= 4 is 33.4 Å². The second kappa shape index (κ2) is 7.20. The molecule has 0 unspecified atom stereocenters. The summed E-state index contributed by atoms with van der Waals surface area (Å²) in [6.07, 6.45) is 0.282. The van der Waals surface area contributed by atoms with Gasteiger partial charge < -0.3 is 10.4 Å². The number of aromatic carboxylic acids is 1. The zero-order chi connectivity index (χ0) is 19.6. The van der Waals surface area contributed by atoms with Gasteiger partial charge in [0.25, 0.3) is 15.9 Å². The standard InChI is InChI=1S/C18H17N3O5S/c1-11-6-7-14-15(10-11)27(25,26)21-16(20-14)17(22)19-9-8-12-4-2-3-5-13(12)18(23)24/h2-7,10H,8-9H2,1H3,(H,19,22)(H,20,21)(H,23,24). The molecule has 1 aliphatic heterocycles. The lowest BCUT2D eigenvalue weighted by Crippen LogP contribution is -2.44. The van der Waals surface area contributed by atoms with Crippen molar-refractivity contribution in [3.63, 3.8) is 0 Å². The topological polar surface area (TPSA) is 125 Å². The Kier molecular flexibility index (Phi) is 4.95. The van der Waals surface area contributed by atoms with Gasteiger partial charge in [0.1, 0.15) is 4.90 Å². The minimum absolute atomic E-state index is 0.0226. The van der Waals surface area contributed by atoms with Crippen molar-refractivity contribution < 1.29 is 23.1 Å². The van der Waals surface area contributed by atoms with Crippen LogP contribution in [0.15, 0.2) is 52.4 Å². The van der Waals surface area contributed by atoms with Gasteiger partial charge in [0, 0.05) is 6.54 Å². The van der Waals surface area contributed by atoms with Crippen molar-refractivity contribution in [3.8, 4) is 0 Å². The number of amides is 1. The van der Waals surface area contributed by atoms with Crippen molar-refractivity contribution in [1.29, 1.82) is 0 Å². The van der Waals surface area contributed by atoms with Crippen LogP contribution < -0.4 is 10.0 Å². The van der Waals surface area contributed by atoms with Crippen molar-refractivity contribution in [1.82, 2.24) is 10.0 Å². The maximum Gasteiger partial charge on any atom is 0.335 e. The SMILES string of the molecule is Cc1ccc2c(c1)S(=O)(=O)NC(C(=O)NCCc1ccccc1C(=O)O)=N2. The van der Waals surface area contributed by atoms with Crippen LogP contribution in [0.2, 0.25) is 0 Å². The average Bonchev–Trinajstić information content (AvgIpc) is 2.62. The number of amidine groups is 1. The molecule has 0 radical (unpaired) electrons. The maximum absolute atomic E-state index is 12.3. The number of hydrogen-bond donors (Lipinski definition) is 3. The van der Waals surface area contributed by atoms with Crippen LogP contribution >= 0.6 is 0 Å². The van der Waals surface area contributed by atoms with Gasteiger partial charge in [0.15, 0.2) is 0 Å². The number of aliphatic imine (C=N–C) groups is 1. The molecule has 140 valence electrons. The van der Waals surface area contributed by atoms with Gasteiger partial charge in [-0.25, -0.2) is 18.2 Å². The highest BCUT2D eigenvalue weighted by Crippen LogP contribution is 2.28. The lowest BCUT2D eigenvalue weighted by molar-refractivity contribution is -0.114. The second-order valence-electron chi connectivity index (χ2n) is 6.01. The molecule has 0 fully saturated rings. The van der Waals surface area contributed by atoms with Gasteiger partial charge in [0.05, 0.1) is 11.3 Å². The van der Waals surface area contributed by atoms with E-state index in [2.05, 4.69) is 15.0 Å². The fraction of sp³-hybridized carbons (Fsp3) is 0.167. The van der Waals surface area contributed by atoms with E-state index in [4.69, 9.17) is 5.11 Å². The Balaban J connectivity index is 1.72. The number of carboxylic acids is 1. The third kappa shape index (κ3) is 3.98. The van der Waals surface area contributed by atoms with Crippen LogP contribution in [0.1, 0.15) is 21.5 Å². The summed E-state index contributed by atoms with van der Waals surface area (Å²) in [4.78, 5) is 27.6. The summed E-state index contributed by atoms with van der Waals surface area (Å²) in [5.74, 6) is -2.05. The van der Waals surface area contributed by atoms with Crippen molar-refractivity contribution in [2.75, 3.05) is 6.54 Å². The number of aryl methyl sites for hydroxylation is 1. The first-order chi connectivity index (χ1) is 12.8. The molecule has 0 aliphatic carbocycles. The largest absolute Gasteiger partial charge is 0.478 e. The van der Waals surface area contributed by atoms with Crippen molar-refractivity contribution in [2.45, 2.75) is 18.2 Å². The molecule has 0 atom stereocenters. The fourth-order valence-corrected chi connectivity index (χ4v) is 3.93. The summed E-state index contributed by atoms with van der Waals surface area (Å²) >= 11 is 0. The van der Waals surface area contributed by atoms with Crippen LogP contribution in [0.5, 0.6) is 0 Å². The van der Waals surface area contributed by atoms with Gasteiger partial charge in [0.2, 0.25) is 5.84 Å². The monoisotopic (exact) mass is 387 g/mol. The molecule has 9 heteroatoms. The Morgan fingerprint density at radius 1 is 1.19 bits per heavy atom. The van der Waals surface area contributed by atoms with E-state index in [-0.39, 0.29) is 34.9 Å². The third-order valence-electron chi connectivity index (χ3n) is 4.01. The molecule has 3 rings (SSSR count). The quantitative estimate of drug-likeness (QED) is 0.715. The highest BCUT2D eigenvalue weighted by Gasteiger charge is 2.28. The zero-order valence-electron chi connectivity index (χ0n) is 14.4. The molecule has 8 nitrogen and oxygen atoms in total. The van der Waals surface area contributed by atoms with Gasteiger partial charge in [-0.05, 0) is 42.7 Å². The molecule has 1 amide bonds. The molecular weight excluding hydrogens is 370 g/mol. The minimum atomic E-state index is -3.87. The lowest BCUT2D eigenvalue weighted by atomic mass is 10.0. The van der Waals surface area contributed by atoms with E-state index in [1.54, 1.807) is 37.3 Å². The Morgan fingerprint density at radius 2 is 1.93 bits per heavy atom. The molecule has 1 heterocycles. The van der Waals surface area contributed by atoms with E-state index in [0.29, 0.717) is 5.56 Å². The highest BCUT2D eigenvalue weighted by atomic mass is 32.2. The summed E-state index contributed by atoms with van der Waals surface area (Å²) in [5.41, 5.74) is 1.68. The summed E-state index contributed by atoms with van der Waals surface area (Å²) in [6, 6.07) is 11.2. The minimum Gasteiger partial charge on any atom is -0.478 e. The number of nitrogens with one attached hydrogen (secondary N) is 2. The molecule has 3 N–H and O–H groups in total. The van der Waals surface area contributed by atoms with Gasteiger partial charge in [-0.3, -0.25) is 9.52 Å². The predicted molar refractivity (Wildman–Crippen MR) is 98.7 cm³/mol. The molecule has 1 aliphatic rings. The molecule has 0 saturated heterocycles. The Hall–Kier alpha value is -3.20. The molecule has 0 aromatic heterocycles. The Bertz CT molecular complexity index is 1060. The molecule has 0 spiro atoms. The molecule has 2 aromatic rings. The number of rotatable bonds is 5. The van der Waals surface area contributed by atoms with Gasteiger partial charge >= 0.3 is 5.97 Å². The summed E-state index contributed by atoms with van der Waals surface area (Å²) in [6.45, 7) is 1.89. The predicted octanol–water partition coefficient (Wildman–Crippen LogP) is 1.37. The number of fused-ring (bicyclic) bond motifs is 1. The summed E-state index contributed by atoms with van der Waals surface area (Å²) < 4.78 is 26.8. The molecular formula is C18H17N3O5S. The first-order valence-corrected chi connectivity index (χ1v) is 9.58. The number of sulfonamides is 1. The van der Waals surface area contributed by atoms with Crippen molar-refractivity contribution in [2.24, 2.45) is 4.99 Å². The number of carbonyl (C=O) groups excluding carboxylic acids is 1. The smallest absolute Gasteiger partial charge is 0.335 e. The third-order valence-corrected chi connectivity index (χ3v) is 5.38. The van der Waals surface area contributed by atoms with E-state index in [0.717, 1.165) is 5.56 Å². The Labute approximate surface area is 156 Å². The summed E-state index contributed by atoms with van der Waals surface area (Å²) in [5, 5.41) is 11.7. The second-order valence-corrected chi connectivity index (χ2v) is 7.66. The molecule has 0 bridgehead atoms. The van der Waals surface area contributed by atoms with E-state index in [1.807, 2.05) is 0 Å². The lowest BCUT2D eigenvalue weighted by Gasteiger charge is -2.18. The number of hydrogen-bond acceptors (Lipinski definition) is 5. The molecule has 0 saturated carbocycles. The maximum atomic E-state index is 12.3. The molecule has 2 aromatic carbocycles. The fourth-order valence-electron chi connectivity index (χ4n) is 2.69. The number of benzene rings is 2. The first kappa shape index (κ1) is 18.6. The number of carbonyl (C=O) groups is 2. The molecule has 27 heavy (non-hydrogen) atoms.